The van der Waals surface area contributed by atoms with E-state index in [1.807, 2.05) is 19.1 Å². The van der Waals surface area contributed by atoms with Crippen molar-refractivity contribution in [2.45, 2.75) is 12.8 Å². The van der Waals surface area contributed by atoms with Crippen LogP contribution in [-0.4, -0.2) is 0 Å². The molecule has 0 fully saturated rings. The fourth-order valence-electron chi connectivity index (χ4n) is 1.84. The van der Waals surface area contributed by atoms with Gasteiger partial charge in [0.1, 0.15) is 0 Å². The van der Waals surface area contributed by atoms with E-state index in [0.717, 1.165) is 0 Å². The predicted octanol–water partition coefficient (Wildman–Crippen LogP) is 4.13. The molecule has 0 bridgehead atoms. The van der Waals surface area contributed by atoms with Crippen molar-refractivity contribution in [2.75, 3.05) is 0 Å². The van der Waals surface area contributed by atoms with Gasteiger partial charge in [0, 0.05) is 17.0 Å². The van der Waals surface area contributed by atoms with Crippen molar-refractivity contribution >= 4 is 0 Å². The summed E-state index contributed by atoms with van der Waals surface area (Å²) in [5, 5.41) is 23.3. The lowest BCUT2D eigenvalue weighted by Crippen LogP contribution is -1.96. The third kappa shape index (κ3) is 1.87. The average Bonchev–Trinajstić information content (AvgIpc) is 2.29. The van der Waals surface area contributed by atoms with Crippen molar-refractivity contribution < 1.29 is 10.2 Å². The second-order valence-electron chi connectivity index (χ2n) is 3.80. The predicted molar refractivity (Wildman–Crippen MR) is 60.7 cm³/mol. The minimum Gasteiger partial charge on any atom is -0.290 e. The number of hydrogen-bond donors (Lipinski definition) is 0. The van der Waals surface area contributed by atoms with Crippen molar-refractivity contribution in [3.8, 4) is 11.5 Å². The molecule has 0 aliphatic carbocycles. The fraction of sp³-hybridized carbons (Fsp3) is 0.143. The van der Waals surface area contributed by atoms with Gasteiger partial charge < -0.3 is 0 Å². The van der Waals surface area contributed by atoms with E-state index >= 15 is 0 Å². The van der Waals surface area contributed by atoms with Gasteiger partial charge in [0.05, 0.1) is 0 Å². The molecule has 0 atom stereocenters. The molecule has 0 saturated heterocycles. The number of para-hydroxylation sites is 2. The van der Waals surface area contributed by atoms with Gasteiger partial charge >= 0.3 is 0 Å². The minimum atomic E-state index is -0.151. The normalized spacial score (nSPS) is 10.6. The summed E-state index contributed by atoms with van der Waals surface area (Å²) in [5.41, 5.74) is 1.34. The van der Waals surface area contributed by atoms with Gasteiger partial charge in [0.15, 0.2) is 11.5 Å². The van der Waals surface area contributed by atoms with Crippen LogP contribution in [0.15, 0.2) is 48.5 Å². The maximum Gasteiger partial charge on any atom is 0.182 e. The van der Waals surface area contributed by atoms with Crippen molar-refractivity contribution in [3.05, 3.63) is 59.7 Å². The van der Waals surface area contributed by atoms with Gasteiger partial charge in [-0.05, 0) is 12.1 Å². The topological polar surface area (TPSA) is 39.8 Å². The molecule has 0 spiro atoms. The highest BCUT2D eigenvalue weighted by Crippen LogP contribution is 2.35. The van der Waals surface area contributed by atoms with E-state index in [2.05, 4.69) is 0 Å². The summed E-state index contributed by atoms with van der Waals surface area (Å²) in [6, 6.07) is 13.7. The average molecular weight is 212 g/mol. The molecule has 2 nitrogen and oxygen atoms in total. The smallest absolute Gasteiger partial charge is 0.182 e. The molecule has 2 rings (SSSR count). The van der Waals surface area contributed by atoms with E-state index in [9.17, 15) is 10.2 Å². The molecule has 16 heavy (non-hydrogen) atoms. The van der Waals surface area contributed by atoms with Crippen LogP contribution in [0.1, 0.15) is 24.0 Å². The Morgan fingerprint density at radius 3 is 1.50 bits per heavy atom. The third-order valence-electron chi connectivity index (χ3n) is 2.77. The number of rotatable bonds is 2. The first-order valence-corrected chi connectivity index (χ1v) is 5.22. The van der Waals surface area contributed by atoms with Gasteiger partial charge in [-0.2, -0.15) is 0 Å². The lowest BCUT2D eigenvalue weighted by atomic mass is 9.92. The van der Waals surface area contributed by atoms with Crippen LogP contribution in [0.25, 0.3) is 0 Å². The summed E-state index contributed by atoms with van der Waals surface area (Å²) < 4.78 is 0. The number of benzene rings is 2. The van der Waals surface area contributed by atoms with Crippen LogP contribution in [0.4, 0.5) is 0 Å². The summed E-state index contributed by atoms with van der Waals surface area (Å²) in [6.45, 7) is 1.88. The summed E-state index contributed by atoms with van der Waals surface area (Å²) in [7, 11) is 0. The van der Waals surface area contributed by atoms with E-state index in [1.165, 1.54) is 12.1 Å². The van der Waals surface area contributed by atoms with E-state index < -0.39 is 0 Å². The molecule has 0 amide bonds. The zero-order valence-electron chi connectivity index (χ0n) is 9.01. The van der Waals surface area contributed by atoms with Gasteiger partial charge in [-0.3, -0.25) is 10.2 Å². The van der Waals surface area contributed by atoms with E-state index in [1.54, 1.807) is 24.3 Å². The molecule has 2 radical (unpaired) electrons. The summed E-state index contributed by atoms with van der Waals surface area (Å²) in [4.78, 5) is 0. The molecular formula is C14H12O2. The first kappa shape index (κ1) is 10.6. The molecule has 2 aromatic carbocycles. The Bertz CT molecular complexity index is 446. The Kier molecular flexibility index (Phi) is 2.82. The monoisotopic (exact) mass is 212 g/mol. The molecule has 0 N–H and O–H groups in total. The Balaban J connectivity index is 2.44. The molecule has 80 valence electrons. The van der Waals surface area contributed by atoms with Gasteiger partial charge in [0.25, 0.3) is 0 Å². The molecule has 2 aromatic rings. The Labute approximate surface area is 94.8 Å². The quantitative estimate of drug-likeness (QED) is 0.718. The van der Waals surface area contributed by atoms with Crippen molar-refractivity contribution in [2.24, 2.45) is 0 Å². The standard InChI is InChI=1S/C14H12O2/c1-10(11-6-2-4-8-13(11)15)12-7-3-5-9-14(12)16/h2-10H,1H3. The third-order valence-corrected chi connectivity index (χ3v) is 2.77. The summed E-state index contributed by atoms with van der Waals surface area (Å²) in [5.74, 6) is -0.182. The molecule has 0 saturated carbocycles. The Morgan fingerprint density at radius 1 is 0.750 bits per heavy atom. The Hall–Kier alpha value is -1.96. The summed E-state index contributed by atoms with van der Waals surface area (Å²) in [6.07, 6.45) is 0. The Morgan fingerprint density at radius 2 is 1.12 bits per heavy atom. The maximum absolute atomic E-state index is 11.6. The molecule has 2 heteroatoms. The lowest BCUT2D eigenvalue weighted by Gasteiger charge is -2.12. The second kappa shape index (κ2) is 4.27. The zero-order chi connectivity index (χ0) is 11.5. The molecule has 0 unspecified atom stereocenters. The van der Waals surface area contributed by atoms with E-state index in [0.29, 0.717) is 11.1 Å². The van der Waals surface area contributed by atoms with Crippen LogP contribution < -0.4 is 0 Å². The first-order chi connectivity index (χ1) is 7.70. The van der Waals surface area contributed by atoms with Gasteiger partial charge in [-0.1, -0.05) is 43.3 Å². The highest BCUT2D eigenvalue weighted by Gasteiger charge is 2.16. The maximum atomic E-state index is 11.6. The van der Waals surface area contributed by atoms with Crippen LogP contribution in [0.2, 0.25) is 0 Å². The van der Waals surface area contributed by atoms with Crippen LogP contribution in [0.3, 0.4) is 0 Å². The number of hydrogen-bond acceptors (Lipinski definition) is 0. The van der Waals surface area contributed by atoms with Crippen LogP contribution in [-0.2, 0) is 10.2 Å². The van der Waals surface area contributed by atoms with Gasteiger partial charge in [-0.25, -0.2) is 0 Å². The van der Waals surface area contributed by atoms with Crippen LogP contribution in [0.5, 0.6) is 11.5 Å². The largest absolute Gasteiger partial charge is 0.290 e. The molecule has 0 aromatic heterocycles. The van der Waals surface area contributed by atoms with Crippen molar-refractivity contribution in [3.63, 3.8) is 0 Å². The highest BCUT2D eigenvalue weighted by atomic mass is 16.3. The lowest BCUT2D eigenvalue weighted by molar-refractivity contribution is 0.342. The molecule has 0 aliphatic heterocycles. The van der Waals surface area contributed by atoms with Crippen molar-refractivity contribution in [1.29, 1.82) is 0 Å². The van der Waals surface area contributed by atoms with E-state index in [4.69, 9.17) is 0 Å². The zero-order valence-corrected chi connectivity index (χ0v) is 9.01. The molecule has 0 heterocycles. The minimum absolute atomic E-state index is 0.0155. The summed E-state index contributed by atoms with van der Waals surface area (Å²) >= 11 is 0. The second-order valence-corrected chi connectivity index (χ2v) is 3.80. The highest BCUT2D eigenvalue weighted by molar-refractivity contribution is 5.45. The van der Waals surface area contributed by atoms with Crippen LogP contribution >= 0.6 is 0 Å². The van der Waals surface area contributed by atoms with E-state index in [-0.39, 0.29) is 17.4 Å². The first-order valence-electron chi connectivity index (χ1n) is 5.22. The fourth-order valence-corrected chi connectivity index (χ4v) is 1.84. The SMILES string of the molecule is CC(c1ccccc1[O])c1ccccc1[O]. The van der Waals surface area contributed by atoms with Crippen molar-refractivity contribution in [1.82, 2.24) is 0 Å². The molecule has 0 aliphatic rings. The van der Waals surface area contributed by atoms with Gasteiger partial charge in [-0.15, -0.1) is 0 Å². The molecular weight excluding hydrogens is 200 g/mol. The van der Waals surface area contributed by atoms with Crippen LogP contribution in [0, 0.1) is 0 Å². The van der Waals surface area contributed by atoms with Gasteiger partial charge in [0.2, 0.25) is 0 Å².